The van der Waals surface area contributed by atoms with Crippen LogP contribution >= 0.6 is 0 Å². The van der Waals surface area contributed by atoms with E-state index in [0.717, 1.165) is 26.2 Å². The second-order valence-corrected chi connectivity index (χ2v) is 7.17. The molecule has 0 saturated carbocycles. The van der Waals surface area contributed by atoms with Gasteiger partial charge in [0.15, 0.2) is 6.61 Å². The molecule has 144 valence electrons. The quantitative estimate of drug-likeness (QED) is 0.817. The van der Waals surface area contributed by atoms with Crippen LogP contribution in [0.1, 0.15) is 17.2 Å². The summed E-state index contributed by atoms with van der Waals surface area (Å²) in [6.07, 6.45) is 0. The number of amides is 1. The van der Waals surface area contributed by atoms with Crippen LogP contribution in [-0.2, 0) is 4.79 Å². The Balaban J connectivity index is 1.59. The van der Waals surface area contributed by atoms with Crippen molar-refractivity contribution in [3.63, 3.8) is 0 Å². The molecule has 5 nitrogen and oxygen atoms in total. The Bertz CT molecular complexity index is 710. The largest absolute Gasteiger partial charge is 0.484 e. The first kappa shape index (κ1) is 19.4. The van der Waals surface area contributed by atoms with E-state index in [1.165, 1.54) is 11.1 Å². The van der Waals surface area contributed by atoms with E-state index < -0.39 is 0 Å². The predicted octanol–water partition coefficient (Wildman–Crippen LogP) is 2.48. The smallest absolute Gasteiger partial charge is 0.258 e. The zero-order valence-electron chi connectivity index (χ0n) is 16.2. The molecule has 2 aromatic rings. The molecule has 3 rings (SSSR count). The van der Waals surface area contributed by atoms with E-state index in [2.05, 4.69) is 53.4 Å². The molecule has 1 saturated heterocycles. The van der Waals surface area contributed by atoms with Crippen molar-refractivity contribution in [2.75, 3.05) is 46.4 Å². The topological polar surface area (TPSA) is 44.8 Å². The van der Waals surface area contributed by atoms with Crippen LogP contribution in [0.5, 0.6) is 5.75 Å². The van der Waals surface area contributed by atoms with Crippen LogP contribution in [-0.4, -0.2) is 62.1 Å². The molecule has 1 aliphatic rings. The number of rotatable bonds is 7. The number of para-hydroxylation sites is 1. The van der Waals surface area contributed by atoms with Gasteiger partial charge in [0, 0.05) is 32.7 Å². The highest BCUT2D eigenvalue weighted by Gasteiger charge is 2.24. The number of carbonyl (C=O) groups is 1. The van der Waals surface area contributed by atoms with Gasteiger partial charge in [0.25, 0.3) is 5.91 Å². The average molecular weight is 367 g/mol. The van der Waals surface area contributed by atoms with Gasteiger partial charge >= 0.3 is 0 Å². The fourth-order valence-electron chi connectivity index (χ4n) is 3.31. The number of aryl methyl sites for hydroxylation is 1. The fourth-order valence-corrected chi connectivity index (χ4v) is 3.31. The highest BCUT2D eigenvalue weighted by Crippen LogP contribution is 2.22. The predicted molar refractivity (Wildman–Crippen MR) is 108 cm³/mol. The van der Waals surface area contributed by atoms with Crippen LogP contribution in [0.2, 0.25) is 0 Å². The molecule has 27 heavy (non-hydrogen) atoms. The highest BCUT2D eigenvalue weighted by atomic mass is 16.5. The molecule has 1 atom stereocenters. The summed E-state index contributed by atoms with van der Waals surface area (Å²) < 4.78 is 5.55. The van der Waals surface area contributed by atoms with Gasteiger partial charge in [-0.1, -0.05) is 48.0 Å². The summed E-state index contributed by atoms with van der Waals surface area (Å²) in [5, 5.41) is 3.06. The van der Waals surface area contributed by atoms with Gasteiger partial charge in [0.05, 0.1) is 6.04 Å². The van der Waals surface area contributed by atoms with Crippen LogP contribution in [0.3, 0.4) is 0 Å². The molecule has 1 heterocycles. The molecular formula is C22H29N3O2. The lowest BCUT2D eigenvalue weighted by Gasteiger charge is -2.38. The summed E-state index contributed by atoms with van der Waals surface area (Å²) >= 11 is 0. The Kier molecular flexibility index (Phi) is 6.85. The van der Waals surface area contributed by atoms with Gasteiger partial charge in [-0.05, 0) is 31.7 Å². The van der Waals surface area contributed by atoms with Crippen molar-refractivity contribution in [2.24, 2.45) is 0 Å². The number of nitrogens with one attached hydrogen (secondary N) is 1. The van der Waals surface area contributed by atoms with Gasteiger partial charge in [0.2, 0.25) is 0 Å². The Morgan fingerprint density at radius 2 is 1.70 bits per heavy atom. The lowest BCUT2D eigenvalue weighted by molar-refractivity contribution is -0.123. The van der Waals surface area contributed by atoms with Crippen LogP contribution < -0.4 is 10.1 Å². The Morgan fingerprint density at radius 3 is 2.37 bits per heavy atom. The first-order valence-electron chi connectivity index (χ1n) is 9.55. The zero-order chi connectivity index (χ0) is 19.1. The summed E-state index contributed by atoms with van der Waals surface area (Å²) in [6.45, 7) is 6.83. The van der Waals surface area contributed by atoms with E-state index in [4.69, 9.17) is 4.74 Å². The molecule has 0 unspecified atom stereocenters. The maximum atomic E-state index is 12.3. The number of benzene rings is 2. The Morgan fingerprint density at radius 1 is 1.04 bits per heavy atom. The Hall–Kier alpha value is -2.37. The van der Waals surface area contributed by atoms with Gasteiger partial charge in [-0.25, -0.2) is 0 Å². The lowest BCUT2D eigenvalue weighted by Crippen LogP contribution is -2.48. The van der Waals surface area contributed by atoms with E-state index in [-0.39, 0.29) is 18.6 Å². The highest BCUT2D eigenvalue weighted by molar-refractivity contribution is 5.77. The van der Waals surface area contributed by atoms with Crippen molar-refractivity contribution in [3.8, 4) is 5.75 Å². The van der Waals surface area contributed by atoms with Crippen molar-refractivity contribution in [3.05, 3.63) is 65.7 Å². The average Bonchev–Trinajstić information content (AvgIpc) is 2.70. The summed E-state index contributed by atoms with van der Waals surface area (Å²) in [5.74, 6) is 0.617. The minimum absolute atomic E-state index is 0.0351. The van der Waals surface area contributed by atoms with E-state index in [0.29, 0.717) is 12.3 Å². The third-order valence-electron chi connectivity index (χ3n) is 5.05. The molecule has 0 aromatic heterocycles. The van der Waals surface area contributed by atoms with Gasteiger partial charge in [0.1, 0.15) is 5.75 Å². The first-order chi connectivity index (χ1) is 13.1. The van der Waals surface area contributed by atoms with Crippen LogP contribution in [0.25, 0.3) is 0 Å². The molecule has 1 amide bonds. The third kappa shape index (κ3) is 5.81. The molecule has 0 radical (unpaired) electrons. The molecule has 1 fully saturated rings. The summed E-state index contributed by atoms with van der Waals surface area (Å²) in [4.78, 5) is 17.1. The number of likely N-dealkylation sites (N-methyl/N-ethyl adjacent to an activating group) is 1. The maximum absolute atomic E-state index is 12.3. The van der Waals surface area contributed by atoms with Crippen LogP contribution in [0.15, 0.2) is 54.6 Å². The third-order valence-corrected chi connectivity index (χ3v) is 5.05. The SMILES string of the molecule is Cc1ccc([C@H](CNC(=O)COc2ccccc2)N2CCN(C)CC2)cc1. The second-order valence-electron chi connectivity index (χ2n) is 7.17. The minimum atomic E-state index is -0.0925. The first-order valence-corrected chi connectivity index (χ1v) is 9.55. The molecule has 2 aromatic carbocycles. The van der Waals surface area contributed by atoms with Crippen LogP contribution in [0, 0.1) is 6.92 Å². The molecule has 5 heteroatoms. The van der Waals surface area contributed by atoms with E-state index >= 15 is 0 Å². The van der Waals surface area contributed by atoms with E-state index in [9.17, 15) is 4.79 Å². The summed E-state index contributed by atoms with van der Waals surface area (Å²) in [6, 6.07) is 18.2. The number of ether oxygens (including phenoxy) is 1. The van der Waals surface area contributed by atoms with Gasteiger partial charge in [-0.2, -0.15) is 0 Å². The number of hydrogen-bond donors (Lipinski definition) is 1. The Labute approximate surface area is 161 Å². The maximum Gasteiger partial charge on any atom is 0.258 e. The molecule has 1 N–H and O–H groups in total. The number of nitrogens with zero attached hydrogens (tertiary/aromatic N) is 2. The monoisotopic (exact) mass is 367 g/mol. The normalized spacial score (nSPS) is 16.7. The summed E-state index contributed by atoms with van der Waals surface area (Å²) in [5.41, 5.74) is 2.49. The van der Waals surface area contributed by atoms with Crippen molar-refractivity contribution >= 4 is 5.91 Å². The van der Waals surface area contributed by atoms with Crippen molar-refractivity contribution in [1.29, 1.82) is 0 Å². The van der Waals surface area contributed by atoms with Crippen molar-refractivity contribution in [1.82, 2.24) is 15.1 Å². The second kappa shape index (κ2) is 9.53. The van der Waals surface area contributed by atoms with Gasteiger partial charge in [-0.3, -0.25) is 9.69 Å². The molecule has 0 spiro atoms. The fraction of sp³-hybridized carbons (Fsp3) is 0.409. The molecule has 0 bridgehead atoms. The van der Waals surface area contributed by atoms with Crippen molar-refractivity contribution < 1.29 is 9.53 Å². The van der Waals surface area contributed by atoms with E-state index in [1.54, 1.807) is 0 Å². The van der Waals surface area contributed by atoms with Gasteiger partial charge < -0.3 is 15.0 Å². The standard InChI is InChI=1S/C22H29N3O2/c1-18-8-10-19(11-9-18)21(25-14-12-24(2)13-15-25)16-23-22(26)17-27-20-6-4-3-5-7-20/h3-11,21H,12-17H2,1-2H3,(H,23,26)/t21-/m0/s1. The number of carbonyl (C=O) groups excluding carboxylic acids is 1. The molecular weight excluding hydrogens is 338 g/mol. The van der Waals surface area contributed by atoms with Gasteiger partial charge in [-0.15, -0.1) is 0 Å². The number of piperazine rings is 1. The minimum Gasteiger partial charge on any atom is -0.484 e. The zero-order valence-corrected chi connectivity index (χ0v) is 16.2. The van der Waals surface area contributed by atoms with Crippen LogP contribution in [0.4, 0.5) is 0 Å². The lowest BCUT2D eigenvalue weighted by atomic mass is 10.0. The number of hydrogen-bond acceptors (Lipinski definition) is 4. The molecule has 0 aliphatic carbocycles. The summed E-state index contributed by atoms with van der Waals surface area (Å²) in [7, 11) is 2.15. The molecule has 1 aliphatic heterocycles. The van der Waals surface area contributed by atoms with E-state index in [1.807, 2.05) is 30.3 Å². The van der Waals surface area contributed by atoms with Crippen molar-refractivity contribution in [2.45, 2.75) is 13.0 Å².